The minimum atomic E-state index is -0.0448. The third kappa shape index (κ3) is 3.00. The number of hydrogen-bond donors (Lipinski definition) is 1. The Morgan fingerprint density at radius 1 is 1.39 bits per heavy atom. The highest BCUT2D eigenvalue weighted by Gasteiger charge is 2.12. The molecule has 1 aromatic carbocycles. The van der Waals surface area contributed by atoms with Crippen molar-refractivity contribution in [2.24, 2.45) is 0 Å². The summed E-state index contributed by atoms with van der Waals surface area (Å²) in [6.07, 6.45) is 0. The maximum Gasteiger partial charge on any atom is 0.251 e. The Kier molecular flexibility index (Phi) is 4.19. The van der Waals surface area contributed by atoms with E-state index in [9.17, 15) is 4.79 Å². The van der Waals surface area contributed by atoms with Crippen molar-refractivity contribution in [2.75, 3.05) is 0 Å². The predicted molar refractivity (Wildman–Crippen MR) is 79.1 cm³/mol. The summed E-state index contributed by atoms with van der Waals surface area (Å²) >= 11 is 5.09. The van der Waals surface area contributed by atoms with Crippen molar-refractivity contribution in [3.63, 3.8) is 0 Å². The van der Waals surface area contributed by atoms with Crippen molar-refractivity contribution in [3.05, 3.63) is 56.2 Å². The van der Waals surface area contributed by atoms with Crippen LogP contribution in [0.2, 0.25) is 0 Å². The van der Waals surface area contributed by atoms with E-state index in [-0.39, 0.29) is 11.9 Å². The summed E-state index contributed by atoms with van der Waals surface area (Å²) in [5.41, 5.74) is 1.80. The number of nitrogens with one attached hydrogen (secondary N) is 1. The molecule has 1 N–H and O–H groups in total. The van der Waals surface area contributed by atoms with Gasteiger partial charge in [-0.25, -0.2) is 0 Å². The zero-order valence-electron chi connectivity index (χ0n) is 10.2. The molecule has 1 aromatic heterocycles. The number of carbonyl (C=O) groups excluding carboxylic acids is 1. The van der Waals surface area contributed by atoms with E-state index >= 15 is 0 Å². The number of rotatable bonds is 3. The summed E-state index contributed by atoms with van der Waals surface area (Å²) in [5.74, 6) is -0.0448. The van der Waals surface area contributed by atoms with Gasteiger partial charge in [-0.15, -0.1) is 11.3 Å². The fraction of sp³-hybridized carbons (Fsp3) is 0.214. The van der Waals surface area contributed by atoms with Crippen LogP contribution in [-0.4, -0.2) is 5.91 Å². The van der Waals surface area contributed by atoms with Gasteiger partial charge in [0.05, 0.1) is 6.04 Å². The summed E-state index contributed by atoms with van der Waals surface area (Å²) < 4.78 is 0.957. The molecule has 0 saturated carbocycles. The van der Waals surface area contributed by atoms with Crippen LogP contribution in [0.5, 0.6) is 0 Å². The molecule has 2 nitrogen and oxygen atoms in total. The molecule has 18 heavy (non-hydrogen) atoms. The second-order valence-electron chi connectivity index (χ2n) is 4.17. The topological polar surface area (TPSA) is 29.1 Å². The van der Waals surface area contributed by atoms with Gasteiger partial charge in [-0.3, -0.25) is 4.79 Å². The lowest BCUT2D eigenvalue weighted by molar-refractivity contribution is 0.0940. The first-order valence-electron chi connectivity index (χ1n) is 5.68. The van der Waals surface area contributed by atoms with E-state index in [0.717, 1.165) is 14.9 Å². The SMILES string of the molecule is Cc1ccc(C(=O)NC(C)c2cccs2)cc1Br. The van der Waals surface area contributed by atoms with Gasteiger partial charge in [-0.1, -0.05) is 28.1 Å². The fourth-order valence-electron chi connectivity index (χ4n) is 1.62. The van der Waals surface area contributed by atoms with Gasteiger partial charge in [0.25, 0.3) is 5.91 Å². The highest BCUT2D eigenvalue weighted by molar-refractivity contribution is 9.10. The van der Waals surface area contributed by atoms with E-state index in [1.165, 1.54) is 0 Å². The molecule has 1 heterocycles. The molecule has 0 aliphatic carbocycles. The van der Waals surface area contributed by atoms with Crippen LogP contribution in [0.25, 0.3) is 0 Å². The molecule has 94 valence electrons. The van der Waals surface area contributed by atoms with Crippen LogP contribution >= 0.6 is 27.3 Å². The first-order valence-corrected chi connectivity index (χ1v) is 7.35. The third-order valence-electron chi connectivity index (χ3n) is 2.75. The molecular weight excluding hydrogens is 310 g/mol. The van der Waals surface area contributed by atoms with Crippen LogP contribution in [-0.2, 0) is 0 Å². The van der Waals surface area contributed by atoms with Crippen molar-refractivity contribution in [3.8, 4) is 0 Å². The summed E-state index contributed by atoms with van der Waals surface area (Å²) in [6, 6.07) is 9.70. The Hall–Kier alpha value is -1.13. The molecule has 2 aromatic rings. The minimum absolute atomic E-state index is 0.0394. The zero-order valence-corrected chi connectivity index (χ0v) is 12.6. The maximum absolute atomic E-state index is 12.1. The molecule has 1 unspecified atom stereocenters. The summed E-state index contributed by atoms with van der Waals surface area (Å²) in [5, 5.41) is 5.01. The Bertz CT molecular complexity index is 551. The predicted octanol–water partition coefficient (Wildman–Crippen LogP) is 4.31. The Morgan fingerprint density at radius 3 is 2.78 bits per heavy atom. The van der Waals surface area contributed by atoms with Crippen LogP contribution < -0.4 is 5.32 Å². The number of aryl methyl sites for hydroxylation is 1. The van der Waals surface area contributed by atoms with Gasteiger partial charge >= 0.3 is 0 Å². The van der Waals surface area contributed by atoms with E-state index in [4.69, 9.17) is 0 Å². The van der Waals surface area contributed by atoms with Crippen molar-refractivity contribution in [2.45, 2.75) is 19.9 Å². The summed E-state index contributed by atoms with van der Waals surface area (Å²) in [4.78, 5) is 13.2. The molecule has 1 amide bonds. The lowest BCUT2D eigenvalue weighted by Gasteiger charge is -2.12. The van der Waals surface area contributed by atoms with Crippen LogP contribution in [0.15, 0.2) is 40.2 Å². The normalized spacial score (nSPS) is 12.2. The van der Waals surface area contributed by atoms with Gasteiger partial charge in [-0.05, 0) is 43.0 Å². The van der Waals surface area contributed by atoms with E-state index < -0.39 is 0 Å². The van der Waals surface area contributed by atoms with Gasteiger partial charge < -0.3 is 5.32 Å². The van der Waals surface area contributed by atoms with E-state index in [1.807, 2.05) is 49.6 Å². The van der Waals surface area contributed by atoms with Crippen LogP contribution in [0, 0.1) is 6.92 Å². The molecule has 0 aliphatic rings. The Balaban J connectivity index is 2.10. The number of amides is 1. The van der Waals surface area contributed by atoms with E-state index in [0.29, 0.717) is 5.56 Å². The molecule has 1 atom stereocenters. The number of hydrogen-bond acceptors (Lipinski definition) is 2. The second kappa shape index (κ2) is 5.67. The van der Waals surface area contributed by atoms with Crippen LogP contribution in [0.1, 0.15) is 33.8 Å². The van der Waals surface area contributed by atoms with Gasteiger partial charge in [0.2, 0.25) is 0 Å². The number of halogens is 1. The molecule has 0 radical (unpaired) electrons. The van der Waals surface area contributed by atoms with Gasteiger partial charge in [0.1, 0.15) is 0 Å². The third-order valence-corrected chi connectivity index (χ3v) is 4.66. The Morgan fingerprint density at radius 2 is 2.17 bits per heavy atom. The average Bonchev–Trinajstić information content (AvgIpc) is 2.86. The molecule has 0 spiro atoms. The smallest absolute Gasteiger partial charge is 0.251 e. The van der Waals surface area contributed by atoms with Crippen molar-refractivity contribution in [1.29, 1.82) is 0 Å². The first-order chi connectivity index (χ1) is 8.58. The fourth-order valence-corrected chi connectivity index (χ4v) is 2.74. The minimum Gasteiger partial charge on any atom is -0.345 e. The summed E-state index contributed by atoms with van der Waals surface area (Å²) in [6.45, 7) is 3.99. The van der Waals surface area contributed by atoms with Gasteiger partial charge in [0.15, 0.2) is 0 Å². The Labute approximate surface area is 119 Å². The maximum atomic E-state index is 12.1. The van der Waals surface area contributed by atoms with Crippen LogP contribution in [0.4, 0.5) is 0 Å². The lowest BCUT2D eigenvalue weighted by atomic mass is 10.1. The monoisotopic (exact) mass is 323 g/mol. The molecule has 2 rings (SSSR count). The molecular formula is C14H14BrNOS. The summed E-state index contributed by atoms with van der Waals surface area (Å²) in [7, 11) is 0. The second-order valence-corrected chi connectivity index (χ2v) is 6.01. The van der Waals surface area contributed by atoms with Crippen LogP contribution in [0.3, 0.4) is 0 Å². The van der Waals surface area contributed by atoms with Crippen molar-refractivity contribution in [1.82, 2.24) is 5.32 Å². The number of carbonyl (C=O) groups is 1. The van der Waals surface area contributed by atoms with Gasteiger partial charge in [-0.2, -0.15) is 0 Å². The number of benzene rings is 1. The van der Waals surface area contributed by atoms with Crippen molar-refractivity contribution < 1.29 is 4.79 Å². The lowest BCUT2D eigenvalue weighted by Crippen LogP contribution is -2.26. The molecule has 0 aliphatic heterocycles. The number of thiophene rings is 1. The molecule has 4 heteroatoms. The molecule has 0 fully saturated rings. The average molecular weight is 324 g/mol. The van der Waals surface area contributed by atoms with E-state index in [1.54, 1.807) is 11.3 Å². The molecule has 0 saturated heterocycles. The van der Waals surface area contributed by atoms with E-state index in [2.05, 4.69) is 21.2 Å². The largest absolute Gasteiger partial charge is 0.345 e. The molecule has 0 bridgehead atoms. The first kappa shape index (κ1) is 13.3. The quantitative estimate of drug-likeness (QED) is 0.895. The highest BCUT2D eigenvalue weighted by Crippen LogP contribution is 2.20. The highest BCUT2D eigenvalue weighted by atomic mass is 79.9. The standard InChI is InChI=1S/C14H14BrNOS/c1-9-5-6-11(8-12(9)15)14(17)16-10(2)13-4-3-7-18-13/h3-8,10H,1-2H3,(H,16,17). The van der Waals surface area contributed by atoms with Crippen molar-refractivity contribution >= 4 is 33.2 Å². The van der Waals surface area contributed by atoms with Gasteiger partial charge in [0, 0.05) is 14.9 Å². The zero-order chi connectivity index (χ0) is 13.1.